The molecule has 0 radical (unpaired) electrons. The highest BCUT2D eigenvalue weighted by atomic mass is 35.5. The molecule has 6 heterocycles. The van der Waals surface area contributed by atoms with Gasteiger partial charge in [0.25, 0.3) is 11.8 Å². The number of nitrogens with zero attached hydrogens (tertiary/aromatic N) is 6. The highest BCUT2D eigenvalue weighted by Gasteiger charge is 2.45. The first-order valence-corrected chi connectivity index (χ1v) is 25.8. The van der Waals surface area contributed by atoms with Crippen LogP contribution in [-0.2, 0) is 14.2 Å². The number of likely N-dealkylation sites (tertiary alicyclic amines) is 1. The Hall–Kier alpha value is -5.50. The summed E-state index contributed by atoms with van der Waals surface area (Å²) in [5.41, 5.74) is 4.11. The molecule has 3 aromatic carbocycles. The van der Waals surface area contributed by atoms with E-state index in [1.165, 1.54) is 38.3 Å². The molecule has 17 heteroatoms. The van der Waals surface area contributed by atoms with E-state index in [2.05, 4.69) is 52.8 Å². The van der Waals surface area contributed by atoms with Crippen LogP contribution in [0.25, 0.3) is 0 Å². The molecular weight excluding hydrogens is 865 g/mol. The number of carbonyl (C=O) groups excluding carboxylic acids is 4. The van der Waals surface area contributed by atoms with Gasteiger partial charge in [-0.2, -0.15) is 4.98 Å². The van der Waals surface area contributed by atoms with E-state index in [0.717, 1.165) is 85.3 Å². The second-order valence-electron chi connectivity index (χ2n) is 18.5. The number of aromatic nitrogens is 2. The predicted molar refractivity (Wildman–Crippen MR) is 254 cm³/mol. The number of nitrogens with one attached hydrogen (secondary N) is 3. The summed E-state index contributed by atoms with van der Waals surface area (Å²) in [7, 11) is -0.887. The maximum atomic E-state index is 13.3. The number of imide groups is 2. The average Bonchev–Trinajstić information content (AvgIpc) is 3.39. The number of hydrogen-bond acceptors (Lipinski definition) is 13. The summed E-state index contributed by atoms with van der Waals surface area (Å²) in [5, 5.41) is 9.88. The number of halogens is 1. The monoisotopic (exact) mass is 921 g/mol. The van der Waals surface area contributed by atoms with Crippen molar-refractivity contribution in [1.29, 1.82) is 0 Å². The van der Waals surface area contributed by atoms with Gasteiger partial charge in [-0.1, -0.05) is 30.2 Å². The Labute approximate surface area is 385 Å². The lowest BCUT2D eigenvalue weighted by Crippen LogP contribution is -2.54. The SMILES string of the molecule is COc1cc(N2CCC(N3CCCC(CCC4CN(c5ccc6c(c5)C(=O)N(C5CCC(=O)NC5=O)C6=O)C4)CC3)CC2)ccc1Nc1ncc(Cl)c(Nc2ccccc2P(C)(C)=O)n1. The van der Waals surface area contributed by atoms with Crippen LogP contribution in [-0.4, -0.2) is 115 Å². The summed E-state index contributed by atoms with van der Waals surface area (Å²) >= 11 is 6.50. The first-order chi connectivity index (χ1) is 31.3. The number of para-hydroxylation sites is 1. The fourth-order valence-corrected chi connectivity index (χ4v) is 11.5. The van der Waals surface area contributed by atoms with E-state index in [4.69, 9.17) is 16.3 Å². The quantitative estimate of drug-likeness (QED) is 0.0906. The van der Waals surface area contributed by atoms with E-state index in [0.29, 0.717) is 51.3 Å². The van der Waals surface area contributed by atoms with Gasteiger partial charge in [0, 0.05) is 61.4 Å². The van der Waals surface area contributed by atoms with E-state index in [1.54, 1.807) is 32.6 Å². The van der Waals surface area contributed by atoms with Gasteiger partial charge in [0.2, 0.25) is 17.8 Å². The van der Waals surface area contributed by atoms with Crippen molar-refractivity contribution in [1.82, 2.24) is 25.1 Å². The Morgan fingerprint density at radius 1 is 0.800 bits per heavy atom. The number of amides is 4. The van der Waals surface area contributed by atoms with Crippen molar-refractivity contribution in [2.24, 2.45) is 11.8 Å². The lowest BCUT2D eigenvalue weighted by molar-refractivity contribution is -0.136. The Bertz CT molecular complexity index is 2540. The van der Waals surface area contributed by atoms with Gasteiger partial charge in [-0.05, 0) is 126 Å². The van der Waals surface area contributed by atoms with Gasteiger partial charge < -0.3 is 34.6 Å². The van der Waals surface area contributed by atoms with Gasteiger partial charge in [-0.15, -0.1) is 0 Å². The molecule has 5 aliphatic rings. The second-order valence-corrected chi connectivity index (χ2v) is 22.1. The van der Waals surface area contributed by atoms with Crippen molar-refractivity contribution in [3.05, 3.63) is 83.0 Å². The van der Waals surface area contributed by atoms with Crippen LogP contribution in [0.2, 0.25) is 5.02 Å². The molecule has 15 nitrogen and oxygen atoms in total. The van der Waals surface area contributed by atoms with Crippen LogP contribution < -0.4 is 35.8 Å². The van der Waals surface area contributed by atoms with Gasteiger partial charge >= 0.3 is 0 Å². The van der Waals surface area contributed by atoms with Crippen LogP contribution in [0.5, 0.6) is 5.75 Å². The molecule has 3 N–H and O–H groups in total. The second kappa shape index (κ2) is 18.8. The molecule has 0 spiro atoms. The maximum Gasteiger partial charge on any atom is 0.262 e. The van der Waals surface area contributed by atoms with E-state index < -0.39 is 30.9 Å². The average molecular weight is 922 g/mol. The van der Waals surface area contributed by atoms with Crippen molar-refractivity contribution in [3.63, 3.8) is 0 Å². The third-order valence-electron chi connectivity index (χ3n) is 13.9. The van der Waals surface area contributed by atoms with Gasteiger partial charge in [0.05, 0.1) is 35.8 Å². The van der Waals surface area contributed by atoms with Crippen LogP contribution in [0.1, 0.15) is 78.5 Å². The minimum Gasteiger partial charge on any atom is -0.494 e. The Morgan fingerprint density at radius 3 is 2.31 bits per heavy atom. The first kappa shape index (κ1) is 44.7. The minimum atomic E-state index is -2.55. The molecule has 0 saturated carbocycles. The van der Waals surface area contributed by atoms with Crippen LogP contribution in [0.4, 0.5) is 34.5 Å². The molecule has 4 aromatic rings. The van der Waals surface area contributed by atoms with Crippen LogP contribution >= 0.6 is 18.7 Å². The summed E-state index contributed by atoms with van der Waals surface area (Å²) in [4.78, 5) is 68.1. The molecular formula is C48H57ClN9O6P. The van der Waals surface area contributed by atoms with Crippen molar-refractivity contribution in [2.45, 2.75) is 69.9 Å². The fraction of sp³-hybridized carbons (Fsp3) is 0.458. The van der Waals surface area contributed by atoms with Crippen molar-refractivity contribution in [3.8, 4) is 5.75 Å². The summed E-state index contributed by atoms with van der Waals surface area (Å²) in [6, 6.07) is 18.7. The number of anilines is 6. The van der Waals surface area contributed by atoms with Crippen molar-refractivity contribution < 1.29 is 28.5 Å². The highest BCUT2D eigenvalue weighted by molar-refractivity contribution is 7.70. The van der Waals surface area contributed by atoms with E-state index in [1.807, 2.05) is 36.4 Å². The minimum absolute atomic E-state index is 0.103. The summed E-state index contributed by atoms with van der Waals surface area (Å²) < 4.78 is 18.8. The van der Waals surface area contributed by atoms with E-state index >= 15 is 0 Å². The van der Waals surface area contributed by atoms with E-state index in [9.17, 15) is 23.7 Å². The lowest BCUT2D eigenvalue weighted by atomic mass is 9.87. The van der Waals surface area contributed by atoms with Gasteiger partial charge in [-0.3, -0.25) is 29.4 Å². The molecule has 2 atom stereocenters. The zero-order valence-electron chi connectivity index (χ0n) is 37.2. The predicted octanol–water partition coefficient (Wildman–Crippen LogP) is 7.26. The van der Waals surface area contributed by atoms with Gasteiger partial charge in [0.15, 0.2) is 5.82 Å². The fourth-order valence-electron chi connectivity index (χ4n) is 10.2. The number of rotatable bonds is 13. The zero-order chi connectivity index (χ0) is 45.4. The van der Waals surface area contributed by atoms with Crippen LogP contribution in [0, 0.1) is 11.8 Å². The molecule has 0 bridgehead atoms. The van der Waals surface area contributed by atoms with Crippen LogP contribution in [0.3, 0.4) is 0 Å². The summed E-state index contributed by atoms with van der Waals surface area (Å²) in [5.74, 6) is 0.856. The van der Waals surface area contributed by atoms with Crippen molar-refractivity contribution in [2.75, 3.05) is 80.1 Å². The Kier molecular flexibility index (Phi) is 12.9. The molecule has 1 aromatic heterocycles. The largest absolute Gasteiger partial charge is 0.494 e. The highest BCUT2D eigenvalue weighted by Crippen LogP contribution is 2.40. The Balaban J connectivity index is 0.724. The number of methoxy groups -OCH3 is 1. The van der Waals surface area contributed by atoms with Gasteiger partial charge in [-0.25, -0.2) is 4.98 Å². The molecule has 5 aliphatic heterocycles. The van der Waals surface area contributed by atoms with Crippen LogP contribution in [0.15, 0.2) is 66.9 Å². The molecule has 342 valence electrons. The molecule has 4 fully saturated rings. The smallest absolute Gasteiger partial charge is 0.262 e. The lowest BCUT2D eigenvalue weighted by Gasteiger charge is -2.42. The molecule has 4 saturated heterocycles. The number of fused-ring (bicyclic) bond motifs is 1. The summed E-state index contributed by atoms with van der Waals surface area (Å²) in [6.45, 7) is 9.58. The summed E-state index contributed by atoms with van der Waals surface area (Å²) in [6.07, 6.45) is 10.2. The van der Waals surface area contributed by atoms with Gasteiger partial charge in [0.1, 0.15) is 24.0 Å². The first-order valence-electron chi connectivity index (χ1n) is 22.8. The molecule has 65 heavy (non-hydrogen) atoms. The number of benzene rings is 3. The number of carbonyl (C=O) groups is 4. The number of ether oxygens (including phenoxy) is 1. The molecule has 9 rings (SSSR count). The van der Waals surface area contributed by atoms with Crippen molar-refractivity contribution >= 4 is 82.2 Å². The topological polar surface area (TPSA) is 169 Å². The third kappa shape index (κ3) is 9.60. The van der Waals surface area contributed by atoms with E-state index in [-0.39, 0.29) is 18.7 Å². The zero-order valence-corrected chi connectivity index (χ0v) is 38.9. The maximum absolute atomic E-state index is 13.3. The number of hydrogen-bond donors (Lipinski definition) is 3. The molecule has 0 aliphatic carbocycles. The third-order valence-corrected chi connectivity index (χ3v) is 15.7. The molecule has 2 unspecified atom stereocenters. The normalized spacial score (nSPS) is 21.2. The molecule has 4 amide bonds. The Morgan fingerprint density at radius 2 is 1.54 bits per heavy atom. The number of piperidine rings is 2. The standard InChI is InChI=1S/C48H57ClN9O6P/c1-64-41-26-34(13-15-38(41)52-48-50-27-37(49)44(54-48)51-39-8-4-5-9-42(39)65(2,3)63)56-23-19-32(20-24-56)55-21-6-7-30(18-22-55)10-11-31-28-57(29-31)33-12-14-35-36(25-33)47(62)58(46(35)61)40-16-17-43(59)53-45(40)60/h4-5,8-9,12-15,25-27,30-32,40H,6-7,10-11,16-24,28-29H2,1-3H3,(H,53,59,60)(H2,50,51,52,54).